The summed E-state index contributed by atoms with van der Waals surface area (Å²) in [5.74, 6) is -0.879. The Labute approximate surface area is 141 Å². The van der Waals surface area contributed by atoms with Crippen LogP contribution < -0.4 is 5.73 Å². The van der Waals surface area contributed by atoms with E-state index in [1.165, 1.54) is 6.07 Å². The Morgan fingerprint density at radius 3 is 2.57 bits per heavy atom. The van der Waals surface area contributed by atoms with E-state index in [0.717, 1.165) is 4.31 Å². The Morgan fingerprint density at radius 1 is 1.39 bits per heavy atom. The number of aliphatic hydroxyl groups excluding tert-OH is 1. The Hall–Kier alpha value is -0.710. The largest absolute Gasteiger partial charge is 0.390 e. The van der Waals surface area contributed by atoms with Crippen LogP contribution in [-0.2, 0) is 19.9 Å². The normalized spacial score (nSPS) is 24.2. The fraction of sp³-hybridized carbons (Fsp3) is 0.538. The molecule has 130 valence electrons. The van der Waals surface area contributed by atoms with Gasteiger partial charge in [-0.25, -0.2) is 16.8 Å². The van der Waals surface area contributed by atoms with Crippen LogP contribution in [0.15, 0.2) is 23.1 Å². The number of halogens is 1. The highest BCUT2D eigenvalue weighted by atomic mass is 35.5. The molecule has 0 radical (unpaired) electrons. The zero-order chi connectivity index (χ0) is 17.4. The van der Waals surface area contributed by atoms with Gasteiger partial charge in [-0.3, -0.25) is 0 Å². The molecule has 0 amide bonds. The second kappa shape index (κ2) is 6.66. The van der Waals surface area contributed by atoms with Crippen molar-refractivity contribution in [1.29, 1.82) is 0 Å². The molecular weight excluding hydrogens is 364 g/mol. The van der Waals surface area contributed by atoms with E-state index >= 15 is 0 Å². The first kappa shape index (κ1) is 18.6. The first-order chi connectivity index (χ1) is 10.6. The molecule has 2 atom stereocenters. The summed E-state index contributed by atoms with van der Waals surface area (Å²) >= 11 is 5.89. The third-order valence-electron chi connectivity index (χ3n) is 3.75. The number of sulfone groups is 1. The number of aliphatic hydroxyl groups is 1. The molecule has 1 aliphatic heterocycles. The Bertz CT molecular complexity index is 795. The first-order valence-electron chi connectivity index (χ1n) is 6.95. The maximum Gasteiger partial charge on any atom is 0.243 e. The maximum absolute atomic E-state index is 12.9. The monoisotopic (exact) mass is 382 g/mol. The van der Waals surface area contributed by atoms with Gasteiger partial charge in [0, 0.05) is 18.1 Å². The van der Waals surface area contributed by atoms with Crippen molar-refractivity contribution in [2.24, 2.45) is 5.73 Å². The van der Waals surface area contributed by atoms with Gasteiger partial charge in [0.1, 0.15) is 0 Å². The summed E-state index contributed by atoms with van der Waals surface area (Å²) in [6.07, 6.45) is -1.28. The summed E-state index contributed by atoms with van der Waals surface area (Å²) < 4.78 is 50.3. The van der Waals surface area contributed by atoms with Crippen LogP contribution in [0.2, 0.25) is 5.02 Å². The summed E-state index contributed by atoms with van der Waals surface area (Å²) in [5.41, 5.74) is 5.97. The van der Waals surface area contributed by atoms with E-state index in [4.69, 9.17) is 17.3 Å². The Kier molecular flexibility index (Phi) is 5.39. The topological polar surface area (TPSA) is 118 Å². The van der Waals surface area contributed by atoms with E-state index in [1.54, 1.807) is 19.1 Å². The summed E-state index contributed by atoms with van der Waals surface area (Å²) in [6, 6.07) is 3.40. The van der Waals surface area contributed by atoms with E-state index in [-0.39, 0.29) is 23.0 Å². The van der Waals surface area contributed by atoms with E-state index in [0.29, 0.717) is 5.56 Å². The minimum Gasteiger partial charge on any atom is -0.390 e. The van der Waals surface area contributed by atoms with E-state index in [2.05, 4.69) is 0 Å². The molecule has 1 heterocycles. The molecule has 1 aromatic rings. The highest BCUT2D eigenvalue weighted by molar-refractivity contribution is 7.92. The molecule has 1 fully saturated rings. The van der Waals surface area contributed by atoms with Gasteiger partial charge < -0.3 is 10.8 Å². The number of hydrogen-bond donors (Lipinski definition) is 2. The second-order valence-electron chi connectivity index (χ2n) is 5.53. The van der Waals surface area contributed by atoms with Gasteiger partial charge in [-0.05, 0) is 24.6 Å². The number of benzene rings is 1. The molecule has 0 aromatic heterocycles. The van der Waals surface area contributed by atoms with Crippen LogP contribution in [0.3, 0.4) is 0 Å². The van der Waals surface area contributed by atoms with Crippen LogP contribution in [-0.4, -0.2) is 63.0 Å². The van der Waals surface area contributed by atoms with Crippen LogP contribution in [0.5, 0.6) is 0 Å². The molecule has 1 aromatic carbocycles. The molecule has 1 aliphatic rings. The fourth-order valence-corrected chi connectivity index (χ4v) is 6.71. The molecular formula is C13H19ClN2O5S2. The quantitative estimate of drug-likeness (QED) is 0.725. The van der Waals surface area contributed by atoms with Crippen molar-refractivity contribution in [3.8, 4) is 0 Å². The number of rotatable bonds is 5. The van der Waals surface area contributed by atoms with Crippen molar-refractivity contribution in [1.82, 2.24) is 4.31 Å². The summed E-state index contributed by atoms with van der Waals surface area (Å²) in [7, 11) is -7.53. The smallest absolute Gasteiger partial charge is 0.243 e. The van der Waals surface area contributed by atoms with Crippen LogP contribution in [0, 0.1) is 6.92 Å². The molecule has 7 nitrogen and oxygen atoms in total. The van der Waals surface area contributed by atoms with Gasteiger partial charge >= 0.3 is 0 Å². The van der Waals surface area contributed by atoms with E-state index < -0.39 is 43.5 Å². The summed E-state index contributed by atoms with van der Waals surface area (Å²) in [6.45, 7) is 1.53. The van der Waals surface area contributed by atoms with Crippen molar-refractivity contribution in [3.05, 3.63) is 28.8 Å². The summed E-state index contributed by atoms with van der Waals surface area (Å²) in [5, 5.41) is 10.3. The molecule has 0 spiro atoms. The van der Waals surface area contributed by atoms with Crippen molar-refractivity contribution in [3.63, 3.8) is 0 Å². The third kappa shape index (κ3) is 3.86. The van der Waals surface area contributed by atoms with E-state index in [1.807, 2.05) is 0 Å². The van der Waals surface area contributed by atoms with Crippen LogP contribution in [0.1, 0.15) is 5.56 Å². The van der Waals surface area contributed by atoms with Crippen LogP contribution in [0.25, 0.3) is 0 Å². The zero-order valence-corrected chi connectivity index (χ0v) is 14.9. The highest BCUT2D eigenvalue weighted by Gasteiger charge is 2.44. The minimum absolute atomic E-state index is 0.00209. The van der Waals surface area contributed by atoms with Crippen molar-refractivity contribution < 1.29 is 21.9 Å². The lowest BCUT2D eigenvalue weighted by atomic mass is 10.2. The molecule has 23 heavy (non-hydrogen) atoms. The van der Waals surface area contributed by atoms with Gasteiger partial charge in [-0.1, -0.05) is 17.7 Å². The standard InChI is InChI=1S/C13H19ClN2O5S2/c1-9-2-3-10(14)6-13(9)23(20,21)16(5-4-15)11-7-22(18,19)8-12(11)17/h2-3,6,11-12,17H,4-5,7-8,15H2,1H3/t11-,12-/m0/s1. The molecule has 1 saturated heterocycles. The highest BCUT2D eigenvalue weighted by Crippen LogP contribution is 2.28. The Morgan fingerprint density at radius 2 is 2.04 bits per heavy atom. The van der Waals surface area contributed by atoms with Gasteiger partial charge in [0.15, 0.2) is 9.84 Å². The number of nitrogens with two attached hydrogens (primary N) is 1. The number of aryl methyl sites for hydroxylation is 1. The number of sulfonamides is 1. The second-order valence-corrected chi connectivity index (χ2v) is 9.98. The predicted molar refractivity (Wildman–Crippen MR) is 87.6 cm³/mol. The van der Waals surface area contributed by atoms with Crippen molar-refractivity contribution in [2.75, 3.05) is 24.6 Å². The van der Waals surface area contributed by atoms with Gasteiger partial charge in [0.25, 0.3) is 0 Å². The van der Waals surface area contributed by atoms with Gasteiger partial charge in [0.2, 0.25) is 10.0 Å². The first-order valence-corrected chi connectivity index (χ1v) is 10.6. The van der Waals surface area contributed by atoms with E-state index in [9.17, 15) is 21.9 Å². The molecule has 3 N–H and O–H groups in total. The molecule has 2 rings (SSSR count). The minimum atomic E-state index is -4.04. The van der Waals surface area contributed by atoms with Crippen LogP contribution in [0.4, 0.5) is 0 Å². The predicted octanol–water partition coefficient (Wildman–Crippen LogP) is -0.244. The maximum atomic E-state index is 12.9. The van der Waals surface area contributed by atoms with Gasteiger partial charge in [-0.2, -0.15) is 4.31 Å². The lowest BCUT2D eigenvalue weighted by Crippen LogP contribution is -2.48. The third-order valence-corrected chi connectivity index (χ3v) is 7.75. The molecule has 0 bridgehead atoms. The van der Waals surface area contributed by atoms with Gasteiger partial charge in [0.05, 0.1) is 28.5 Å². The molecule has 10 heteroatoms. The zero-order valence-electron chi connectivity index (χ0n) is 12.5. The van der Waals surface area contributed by atoms with Crippen molar-refractivity contribution >= 4 is 31.5 Å². The SMILES string of the molecule is Cc1ccc(Cl)cc1S(=O)(=O)N(CCN)[C@H]1CS(=O)(=O)C[C@@H]1O. The number of hydrogen-bond acceptors (Lipinski definition) is 6. The average molecular weight is 383 g/mol. The molecule has 0 saturated carbocycles. The Balaban J connectivity index is 2.50. The lowest BCUT2D eigenvalue weighted by Gasteiger charge is -2.29. The molecule has 0 unspecified atom stereocenters. The van der Waals surface area contributed by atoms with Crippen LogP contribution >= 0.6 is 11.6 Å². The van der Waals surface area contributed by atoms with Gasteiger partial charge in [-0.15, -0.1) is 0 Å². The molecule has 0 aliphatic carbocycles. The average Bonchev–Trinajstić information content (AvgIpc) is 2.71. The van der Waals surface area contributed by atoms with Crippen molar-refractivity contribution in [2.45, 2.75) is 24.0 Å². The lowest BCUT2D eigenvalue weighted by molar-refractivity contribution is 0.129. The number of nitrogens with zero attached hydrogens (tertiary/aromatic N) is 1. The fourth-order valence-electron chi connectivity index (χ4n) is 2.66. The summed E-state index contributed by atoms with van der Waals surface area (Å²) in [4.78, 5) is -0.0186.